The molecule has 2 aromatic rings. The van der Waals surface area contributed by atoms with E-state index in [0.29, 0.717) is 11.6 Å². The largest absolute Gasteiger partial charge is 0.508 e. The third-order valence-corrected chi connectivity index (χ3v) is 6.51. The van der Waals surface area contributed by atoms with E-state index in [4.69, 9.17) is 0 Å². The first kappa shape index (κ1) is 18.5. The van der Waals surface area contributed by atoms with Crippen LogP contribution in [0.1, 0.15) is 46.7 Å². The maximum atomic E-state index is 10.2. The van der Waals surface area contributed by atoms with Crippen LogP contribution in [-0.4, -0.2) is 39.9 Å². The monoisotopic (exact) mass is 368 g/mol. The Labute approximate surface area is 161 Å². The van der Waals surface area contributed by atoms with Gasteiger partial charge in [-0.1, -0.05) is 30.3 Å². The van der Waals surface area contributed by atoms with E-state index < -0.39 is 0 Å². The first-order valence-corrected chi connectivity index (χ1v) is 10.0. The molecule has 1 heterocycles. The van der Waals surface area contributed by atoms with Crippen molar-refractivity contribution in [3.8, 4) is 5.75 Å². The van der Waals surface area contributed by atoms with Gasteiger partial charge < -0.3 is 19.8 Å². The average Bonchev–Trinajstić information content (AvgIpc) is 3.47. The number of hydrogen-bond donors (Lipinski definition) is 3. The van der Waals surface area contributed by atoms with Crippen LogP contribution in [0.25, 0.3) is 0 Å². The van der Waals surface area contributed by atoms with E-state index in [9.17, 15) is 15.3 Å². The Morgan fingerprint density at radius 3 is 2.44 bits per heavy atom. The molecular formula is C23H30NO3+. The zero-order chi connectivity index (χ0) is 19.0. The second-order valence-corrected chi connectivity index (χ2v) is 8.61. The minimum atomic E-state index is -0.141. The van der Waals surface area contributed by atoms with Crippen LogP contribution in [0.5, 0.6) is 5.75 Å². The fourth-order valence-corrected chi connectivity index (χ4v) is 4.70. The number of hydrogen-bond acceptors (Lipinski definition) is 3. The van der Waals surface area contributed by atoms with Crippen molar-refractivity contribution in [2.45, 2.75) is 44.9 Å². The van der Waals surface area contributed by atoms with Crippen molar-refractivity contribution in [3.63, 3.8) is 0 Å². The molecule has 1 saturated carbocycles. The number of quaternary nitrogens is 1. The summed E-state index contributed by atoms with van der Waals surface area (Å²) < 4.78 is 1.04. The zero-order valence-corrected chi connectivity index (χ0v) is 16.1. The highest BCUT2D eigenvalue weighted by molar-refractivity contribution is 5.39. The molecule has 1 aliphatic heterocycles. The standard InChI is InChI=1S/C23H29NO3/c1-24(13-16-2-3-16)9-8-19-10-18(14-25)5-7-21(19)22(24)11-17-4-6-20(15-26)23(27)12-17/h4-7,10,12,16,22,25-26H,2-3,8-9,11,13-15H2,1H3/p+1/t22-,24-/m1/s1. The van der Waals surface area contributed by atoms with Crippen LogP contribution in [0.2, 0.25) is 0 Å². The first-order chi connectivity index (χ1) is 13.0. The Morgan fingerprint density at radius 2 is 1.78 bits per heavy atom. The summed E-state index contributed by atoms with van der Waals surface area (Å²) in [7, 11) is 2.38. The van der Waals surface area contributed by atoms with E-state index in [-0.39, 0.29) is 19.0 Å². The van der Waals surface area contributed by atoms with E-state index in [2.05, 4.69) is 19.2 Å². The molecule has 0 saturated heterocycles. The lowest BCUT2D eigenvalue weighted by atomic mass is 9.85. The van der Waals surface area contributed by atoms with Crippen LogP contribution in [0.15, 0.2) is 36.4 Å². The van der Waals surface area contributed by atoms with E-state index >= 15 is 0 Å². The second kappa shape index (κ2) is 7.27. The normalized spacial score (nSPS) is 24.6. The minimum absolute atomic E-state index is 0.0860. The molecule has 3 N–H and O–H groups in total. The second-order valence-electron chi connectivity index (χ2n) is 8.61. The van der Waals surface area contributed by atoms with Crippen molar-refractivity contribution >= 4 is 0 Å². The summed E-state index contributed by atoms with van der Waals surface area (Å²) in [6.45, 7) is 2.27. The summed E-state index contributed by atoms with van der Waals surface area (Å²) >= 11 is 0. The minimum Gasteiger partial charge on any atom is -0.508 e. The van der Waals surface area contributed by atoms with Crippen LogP contribution >= 0.6 is 0 Å². The van der Waals surface area contributed by atoms with Gasteiger partial charge in [-0.2, -0.15) is 0 Å². The van der Waals surface area contributed by atoms with Crippen LogP contribution in [0.3, 0.4) is 0 Å². The number of aliphatic hydroxyl groups is 2. The van der Waals surface area contributed by atoms with Gasteiger partial charge in [-0.3, -0.25) is 0 Å². The van der Waals surface area contributed by atoms with Crippen molar-refractivity contribution in [3.05, 3.63) is 64.2 Å². The molecule has 0 aromatic heterocycles. The number of rotatable bonds is 6. The van der Waals surface area contributed by atoms with Crippen LogP contribution in [0.4, 0.5) is 0 Å². The number of aliphatic hydroxyl groups excluding tert-OH is 2. The Hall–Kier alpha value is -1.88. The molecule has 2 aromatic carbocycles. The lowest BCUT2D eigenvalue weighted by molar-refractivity contribution is -0.943. The van der Waals surface area contributed by atoms with Crippen LogP contribution in [-0.2, 0) is 26.1 Å². The Kier molecular flexibility index (Phi) is 4.97. The van der Waals surface area contributed by atoms with Crippen LogP contribution < -0.4 is 0 Å². The number of likely N-dealkylation sites (N-methyl/N-ethyl adjacent to an activating group) is 1. The van der Waals surface area contributed by atoms with Crippen molar-refractivity contribution in [2.75, 3.05) is 20.1 Å². The van der Waals surface area contributed by atoms with Gasteiger partial charge in [0.25, 0.3) is 0 Å². The molecule has 0 spiro atoms. The highest BCUT2D eigenvalue weighted by atomic mass is 16.3. The van der Waals surface area contributed by atoms with Gasteiger partial charge in [0.05, 0.1) is 33.4 Å². The summed E-state index contributed by atoms with van der Waals surface area (Å²) in [6.07, 6.45) is 4.62. The van der Waals surface area contributed by atoms with Gasteiger partial charge in [-0.25, -0.2) is 0 Å². The summed E-state index contributed by atoms with van der Waals surface area (Å²) in [5.41, 5.74) is 5.40. The summed E-state index contributed by atoms with van der Waals surface area (Å²) in [5.74, 6) is 1.03. The predicted molar refractivity (Wildman–Crippen MR) is 105 cm³/mol. The van der Waals surface area contributed by atoms with Crippen molar-refractivity contribution in [2.24, 2.45) is 5.92 Å². The number of fused-ring (bicyclic) bond motifs is 1. The predicted octanol–water partition coefficient (Wildman–Crippen LogP) is 3.07. The summed E-state index contributed by atoms with van der Waals surface area (Å²) in [6, 6.07) is 12.4. The Balaban J connectivity index is 1.69. The smallest absolute Gasteiger partial charge is 0.121 e. The third kappa shape index (κ3) is 3.75. The Bertz CT molecular complexity index is 830. The molecule has 0 bridgehead atoms. The van der Waals surface area contributed by atoms with E-state index in [1.807, 2.05) is 24.3 Å². The van der Waals surface area contributed by atoms with E-state index in [1.54, 1.807) is 0 Å². The fourth-order valence-electron chi connectivity index (χ4n) is 4.70. The summed E-state index contributed by atoms with van der Waals surface area (Å²) in [4.78, 5) is 0. The maximum absolute atomic E-state index is 10.2. The van der Waals surface area contributed by atoms with Crippen molar-refractivity contribution in [1.29, 1.82) is 0 Å². The molecule has 144 valence electrons. The lowest BCUT2D eigenvalue weighted by Gasteiger charge is -2.46. The third-order valence-electron chi connectivity index (χ3n) is 6.51. The molecule has 4 rings (SSSR count). The molecule has 0 unspecified atom stereocenters. The topological polar surface area (TPSA) is 60.7 Å². The molecule has 4 nitrogen and oxygen atoms in total. The van der Waals surface area contributed by atoms with Gasteiger partial charge in [0, 0.05) is 29.9 Å². The number of nitrogens with zero attached hydrogens (tertiary/aromatic N) is 1. The molecule has 0 radical (unpaired) electrons. The van der Waals surface area contributed by atoms with Crippen molar-refractivity contribution < 1.29 is 19.8 Å². The van der Waals surface area contributed by atoms with Gasteiger partial charge in [0.1, 0.15) is 11.8 Å². The molecule has 2 aliphatic rings. The quantitative estimate of drug-likeness (QED) is 0.687. The number of benzene rings is 2. The molecule has 27 heavy (non-hydrogen) atoms. The molecule has 4 heteroatoms. The zero-order valence-electron chi connectivity index (χ0n) is 16.1. The molecule has 1 aliphatic carbocycles. The van der Waals surface area contributed by atoms with Gasteiger partial charge in [-0.15, -0.1) is 0 Å². The average molecular weight is 368 g/mol. The van der Waals surface area contributed by atoms with Gasteiger partial charge in [-0.05, 0) is 35.6 Å². The van der Waals surface area contributed by atoms with E-state index in [1.165, 1.54) is 30.5 Å². The van der Waals surface area contributed by atoms with Gasteiger partial charge in [0.2, 0.25) is 0 Å². The molecule has 1 fully saturated rings. The highest BCUT2D eigenvalue weighted by Gasteiger charge is 2.42. The lowest BCUT2D eigenvalue weighted by Crippen LogP contribution is -2.53. The van der Waals surface area contributed by atoms with Crippen molar-refractivity contribution in [1.82, 2.24) is 0 Å². The first-order valence-electron chi connectivity index (χ1n) is 10.0. The molecule has 2 atom stereocenters. The summed E-state index contributed by atoms with van der Waals surface area (Å²) in [5, 5.41) is 29.0. The number of aromatic hydroxyl groups is 1. The maximum Gasteiger partial charge on any atom is 0.121 e. The highest BCUT2D eigenvalue weighted by Crippen LogP contribution is 2.42. The number of phenols is 1. The van der Waals surface area contributed by atoms with Crippen LogP contribution in [0, 0.1) is 5.92 Å². The molecule has 0 amide bonds. The SMILES string of the molecule is C[N@+]1(CC2CC2)CCc2cc(CO)ccc2[C@H]1Cc1ccc(CO)c(O)c1. The van der Waals surface area contributed by atoms with E-state index in [0.717, 1.165) is 40.9 Å². The van der Waals surface area contributed by atoms with Gasteiger partial charge >= 0.3 is 0 Å². The fraction of sp³-hybridized carbons (Fsp3) is 0.478. The Morgan fingerprint density at radius 1 is 1.00 bits per heavy atom. The molecular weight excluding hydrogens is 338 g/mol. The van der Waals surface area contributed by atoms with Gasteiger partial charge in [0.15, 0.2) is 0 Å².